The van der Waals surface area contributed by atoms with E-state index in [-0.39, 0.29) is 6.61 Å². The van der Waals surface area contributed by atoms with Crippen LogP contribution in [0.2, 0.25) is 0 Å². The van der Waals surface area contributed by atoms with Gasteiger partial charge in [0.1, 0.15) is 4.88 Å². The lowest BCUT2D eigenvalue weighted by Gasteiger charge is -2.02. The Kier molecular flexibility index (Phi) is 4.11. The molecule has 0 spiro atoms. The number of carbonyl (C=O) groups excluding carboxylic acids is 1. The second-order valence-electron chi connectivity index (χ2n) is 2.60. The topological polar surface area (TPSA) is 95.3 Å². The van der Waals surface area contributed by atoms with Gasteiger partial charge < -0.3 is 9.84 Å². The number of esters is 1. The first-order chi connectivity index (χ1) is 7.22. The molecule has 1 heterocycles. The lowest BCUT2D eigenvalue weighted by molar-refractivity contribution is 0.0606. The average molecular weight is 227 g/mol. The summed E-state index contributed by atoms with van der Waals surface area (Å²) < 4.78 is 4.53. The highest BCUT2D eigenvalue weighted by molar-refractivity contribution is 7.14. The van der Waals surface area contributed by atoms with Crippen LogP contribution in [0.5, 0.6) is 0 Å². The maximum Gasteiger partial charge on any atom is 0.348 e. The maximum atomic E-state index is 11.1. The first-order valence-electron chi connectivity index (χ1n) is 4.06. The van der Waals surface area contributed by atoms with E-state index in [4.69, 9.17) is 10.6 Å². The molecule has 0 aliphatic rings. The molecule has 1 unspecified atom stereocenters. The zero-order chi connectivity index (χ0) is 11.3. The third-order valence-corrected chi connectivity index (χ3v) is 2.87. The van der Waals surface area contributed by atoms with Gasteiger partial charge in [0.2, 0.25) is 0 Å². The quantitative estimate of drug-likeness (QED) is 0.368. The number of thiophene rings is 1. The van der Waals surface area contributed by atoms with Crippen LogP contribution in [-0.2, 0) is 4.74 Å². The second kappa shape index (κ2) is 5.35. The van der Waals surface area contributed by atoms with Gasteiger partial charge in [-0.3, -0.25) is 0 Å². The number of methoxy groups -OCH3 is 1. The van der Waals surface area contributed by atoms with E-state index < -0.39 is 12.0 Å². The molecule has 1 aromatic heterocycles. The molecule has 0 fully saturated rings. The van der Waals surface area contributed by atoms with Crippen LogP contribution in [0.3, 0.4) is 0 Å². The first kappa shape index (κ1) is 11.5. The van der Waals surface area contributed by atoms with Crippen LogP contribution in [0.4, 0.5) is 0 Å². The van der Waals surface area contributed by atoms with Gasteiger partial charge >= 0.3 is 5.97 Å². The van der Waals surface area contributed by atoms with Crippen LogP contribution in [-0.4, -0.2) is 24.8 Å². The van der Waals surface area contributed by atoms with Crippen LogP contribution in [0, 0.1) is 0 Å². The second-order valence-corrected chi connectivity index (χ2v) is 3.71. The molecule has 80 valence electrons. The minimum Gasteiger partial charge on any atom is -0.465 e. The summed E-state index contributed by atoms with van der Waals surface area (Å²) >= 11 is 1.14. The van der Waals surface area contributed by atoms with Crippen LogP contribution < -0.4 is 0 Å². The fourth-order valence-corrected chi connectivity index (χ4v) is 1.94. The van der Waals surface area contributed by atoms with Crippen LogP contribution >= 0.6 is 11.3 Å². The van der Waals surface area contributed by atoms with E-state index in [0.717, 1.165) is 11.3 Å². The zero-order valence-corrected chi connectivity index (χ0v) is 8.77. The van der Waals surface area contributed by atoms with E-state index in [1.54, 1.807) is 12.1 Å². The number of carbonyl (C=O) groups is 1. The highest BCUT2D eigenvalue weighted by Crippen LogP contribution is 2.26. The molecule has 1 rings (SSSR count). The Labute approximate surface area is 89.7 Å². The standard InChI is InChI=1S/C8H9N3O3S/c1-14-8(13)7-3-2-6(15-7)5(4-12)10-11-9/h2-3,5,12H,4H2,1H3. The summed E-state index contributed by atoms with van der Waals surface area (Å²) in [6.45, 7) is -0.287. The number of aliphatic hydroxyl groups excluding tert-OH is 1. The van der Waals surface area contributed by atoms with E-state index in [2.05, 4.69) is 14.8 Å². The maximum absolute atomic E-state index is 11.1. The Morgan fingerprint density at radius 3 is 3.07 bits per heavy atom. The largest absolute Gasteiger partial charge is 0.465 e. The SMILES string of the molecule is COC(=O)c1ccc(C(CO)N=[N+]=[N-])s1. The summed E-state index contributed by atoms with van der Waals surface area (Å²) in [7, 11) is 1.29. The molecule has 0 radical (unpaired) electrons. The number of azide groups is 1. The van der Waals surface area contributed by atoms with Crippen molar-refractivity contribution in [1.29, 1.82) is 0 Å². The van der Waals surface area contributed by atoms with Gasteiger partial charge in [-0.15, -0.1) is 11.3 Å². The summed E-state index contributed by atoms with van der Waals surface area (Å²) in [5.41, 5.74) is 8.25. The molecule has 0 aliphatic heterocycles. The Hall–Kier alpha value is -1.56. The van der Waals surface area contributed by atoms with Crippen LogP contribution in [0.1, 0.15) is 20.6 Å². The van der Waals surface area contributed by atoms with Gasteiger partial charge in [0, 0.05) is 9.79 Å². The molecular formula is C8H9N3O3S. The number of nitrogens with zero attached hydrogens (tertiary/aromatic N) is 3. The van der Waals surface area contributed by atoms with Crippen LogP contribution in [0.25, 0.3) is 10.4 Å². The van der Waals surface area contributed by atoms with Crippen molar-refractivity contribution >= 4 is 17.3 Å². The van der Waals surface area contributed by atoms with Crippen molar-refractivity contribution < 1.29 is 14.6 Å². The van der Waals surface area contributed by atoms with Gasteiger partial charge in [0.15, 0.2) is 0 Å². The molecule has 6 nitrogen and oxygen atoms in total. The molecule has 7 heteroatoms. The van der Waals surface area contributed by atoms with Gasteiger partial charge in [-0.2, -0.15) is 0 Å². The smallest absolute Gasteiger partial charge is 0.348 e. The summed E-state index contributed by atoms with van der Waals surface area (Å²) in [6, 6.07) is 2.56. The Morgan fingerprint density at radius 2 is 2.53 bits per heavy atom. The van der Waals surface area contributed by atoms with E-state index in [1.165, 1.54) is 7.11 Å². The predicted molar refractivity (Wildman–Crippen MR) is 54.6 cm³/mol. The van der Waals surface area contributed by atoms with E-state index in [9.17, 15) is 4.79 Å². The van der Waals surface area contributed by atoms with Crippen molar-refractivity contribution in [3.63, 3.8) is 0 Å². The number of hydrogen-bond donors (Lipinski definition) is 1. The van der Waals surface area contributed by atoms with Gasteiger partial charge in [-0.25, -0.2) is 4.79 Å². The average Bonchev–Trinajstić information content (AvgIpc) is 2.73. The molecule has 0 saturated carbocycles. The summed E-state index contributed by atoms with van der Waals surface area (Å²) in [5, 5.41) is 12.3. The van der Waals surface area contributed by atoms with Gasteiger partial charge in [0.25, 0.3) is 0 Å². The highest BCUT2D eigenvalue weighted by Gasteiger charge is 2.14. The number of hydrogen-bond acceptors (Lipinski definition) is 5. The van der Waals surface area contributed by atoms with Crippen molar-refractivity contribution in [2.45, 2.75) is 6.04 Å². The minimum absolute atomic E-state index is 0.287. The fourth-order valence-electron chi connectivity index (χ4n) is 0.988. The van der Waals surface area contributed by atoms with Crippen molar-refractivity contribution in [1.82, 2.24) is 0 Å². The zero-order valence-electron chi connectivity index (χ0n) is 7.95. The Balaban J connectivity index is 2.91. The molecule has 15 heavy (non-hydrogen) atoms. The number of ether oxygens (including phenoxy) is 1. The molecule has 0 bridgehead atoms. The molecule has 1 atom stereocenters. The predicted octanol–water partition coefficient (Wildman–Crippen LogP) is 1.88. The van der Waals surface area contributed by atoms with E-state index in [1.807, 2.05) is 0 Å². The monoisotopic (exact) mass is 227 g/mol. The lowest BCUT2D eigenvalue weighted by Crippen LogP contribution is -1.98. The summed E-state index contributed by atoms with van der Waals surface area (Å²) in [6.07, 6.45) is 0. The Morgan fingerprint density at radius 1 is 1.80 bits per heavy atom. The van der Waals surface area contributed by atoms with Crippen molar-refractivity contribution in [2.24, 2.45) is 5.11 Å². The van der Waals surface area contributed by atoms with Crippen molar-refractivity contribution in [3.05, 3.63) is 32.3 Å². The van der Waals surface area contributed by atoms with Gasteiger partial charge in [-0.05, 0) is 17.7 Å². The van der Waals surface area contributed by atoms with Gasteiger partial charge in [0.05, 0.1) is 19.8 Å². The molecule has 0 aliphatic carbocycles. The summed E-state index contributed by atoms with van der Waals surface area (Å²) in [5.74, 6) is -0.441. The molecule has 0 saturated heterocycles. The Bertz CT molecular complexity index is 398. The van der Waals surface area contributed by atoms with Crippen molar-refractivity contribution in [3.8, 4) is 0 Å². The van der Waals surface area contributed by atoms with E-state index >= 15 is 0 Å². The minimum atomic E-state index is -0.640. The van der Waals surface area contributed by atoms with E-state index in [0.29, 0.717) is 9.75 Å². The van der Waals surface area contributed by atoms with Gasteiger partial charge in [-0.1, -0.05) is 5.11 Å². The molecule has 0 amide bonds. The number of aliphatic hydroxyl groups is 1. The lowest BCUT2D eigenvalue weighted by atomic mass is 10.3. The number of rotatable bonds is 4. The molecular weight excluding hydrogens is 218 g/mol. The third kappa shape index (κ3) is 2.69. The highest BCUT2D eigenvalue weighted by atomic mass is 32.1. The molecule has 0 aromatic carbocycles. The molecule has 1 aromatic rings. The van der Waals surface area contributed by atoms with Crippen molar-refractivity contribution in [2.75, 3.05) is 13.7 Å². The fraction of sp³-hybridized carbons (Fsp3) is 0.375. The summed E-state index contributed by atoms with van der Waals surface area (Å²) in [4.78, 5) is 14.8. The third-order valence-electron chi connectivity index (χ3n) is 1.71. The normalized spacial score (nSPS) is 11.6. The first-order valence-corrected chi connectivity index (χ1v) is 4.87. The molecule has 1 N–H and O–H groups in total. The van der Waals surface area contributed by atoms with Crippen LogP contribution in [0.15, 0.2) is 17.2 Å².